The maximum absolute atomic E-state index is 14.9. The van der Waals surface area contributed by atoms with Crippen molar-refractivity contribution >= 4 is 37.7 Å². The number of benzene rings is 3. The number of anilines is 1. The topological polar surface area (TPSA) is 87.7 Å². The summed E-state index contributed by atoms with van der Waals surface area (Å²) in [6, 6.07) is 13.6. The Morgan fingerprint density at radius 1 is 1.11 bits per heavy atom. The van der Waals surface area contributed by atoms with Gasteiger partial charge in [-0.1, -0.05) is 59.6 Å². The van der Waals surface area contributed by atoms with E-state index in [0.717, 1.165) is 5.56 Å². The van der Waals surface area contributed by atoms with E-state index in [1.54, 1.807) is 44.2 Å². The number of alkyl halides is 2. The Morgan fingerprint density at radius 3 is 2.45 bits per heavy atom. The number of nitrogens with zero attached hydrogens (tertiary/aromatic N) is 1. The Kier molecular flexibility index (Phi) is 8.10. The van der Waals surface area contributed by atoms with Crippen molar-refractivity contribution in [3.63, 3.8) is 0 Å². The number of nitrogens with one attached hydrogen (secondary N) is 2. The first kappa shape index (κ1) is 28.0. The standard InChI is InChI=1S/C27H28BrF2N3O4S/c1-4-33(5-2)38(35,36)19-13-14-24(37-18-11-9-17(3)10-12-18)23(15-19)31-26(34)32-25-20-7-6-8-22(28)21(20)16-27(25,29)30/h6-15,25H,4-5,16H2,1-3H3,(H2,31,32,34). The van der Waals surface area contributed by atoms with Gasteiger partial charge >= 0.3 is 6.03 Å². The van der Waals surface area contributed by atoms with E-state index in [9.17, 15) is 22.0 Å². The predicted molar refractivity (Wildman–Crippen MR) is 145 cm³/mol. The minimum atomic E-state index is -3.86. The van der Waals surface area contributed by atoms with Crippen molar-refractivity contribution in [3.05, 3.63) is 81.8 Å². The van der Waals surface area contributed by atoms with Crippen molar-refractivity contribution in [3.8, 4) is 11.5 Å². The second kappa shape index (κ2) is 11.0. The summed E-state index contributed by atoms with van der Waals surface area (Å²) < 4.78 is 63.8. The molecule has 0 radical (unpaired) electrons. The zero-order valence-corrected chi connectivity index (χ0v) is 23.5. The van der Waals surface area contributed by atoms with E-state index >= 15 is 0 Å². The van der Waals surface area contributed by atoms with Crippen molar-refractivity contribution in [2.45, 2.75) is 44.1 Å². The maximum Gasteiger partial charge on any atom is 0.320 e. The van der Waals surface area contributed by atoms with Crippen molar-refractivity contribution in [1.82, 2.24) is 9.62 Å². The maximum atomic E-state index is 14.9. The average molecular weight is 609 g/mol. The number of sulfonamides is 1. The predicted octanol–water partition coefficient (Wildman–Crippen LogP) is 6.63. The van der Waals surface area contributed by atoms with Crippen molar-refractivity contribution < 1.29 is 26.7 Å². The highest BCUT2D eigenvalue weighted by molar-refractivity contribution is 9.10. The lowest BCUT2D eigenvalue weighted by molar-refractivity contribution is -0.0216. The van der Waals surface area contributed by atoms with Gasteiger partial charge in [0.2, 0.25) is 10.0 Å². The fourth-order valence-corrected chi connectivity index (χ4v) is 6.38. The summed E-state index contributed by atoms with van der Waals surface area (Å²) in [5, 5.41) is 4.90. The molecule has 7 nitrogen and oxygen atoms in total. The van der Waals surface area contributed by atoms with Crippen molar-refractivity contribution in [2.75, 3.05) is 18.4 Å². The first-order chi connectivity index (χ1) is 18.0. The highest BCUT2D eigenvalue weighted by atomic mass is 79.9. The molecule has 11 heteroatoms. The van der Waals surface area contributed by atoms with E-state index in [1.807, 2.05) is 19.1 Å². The Hall–Kier alpha value is -3.02. The average Bonchev–Trinajstić information content (AvgIpc) is 3.12. The van der Waals surface area contributed by atoms with Gasteiger partial charge in [-0.25, -0.2) is 22.0 Å². The Bertz CT molecular complexity index is 1450. The van der Waals surface area contributed by atoms with Crippen LogP contribution in [0.3, 0.4) is 0 Å². The van der Waals surface area contributed by atoms with Crippen LogP contribution in [-0.4, -0.2) is 37.8 Å². The fraction of sp³-hybridized carbons (Fsp3) is 0.296. The van der Waals surface area contributed by atoms with Crippen LogP contribution in [0, 0.1) is 6.92 Å². The summed E-state index contributed by atoms with van der Waals surface area (Å²) >= 11 is 3.30. The molecule has 38 heavy (non-hydrogen) atoms. The zero-order valence-electron chi connectivity index (χ0n) is 21.1. The number of carbonyl (C=O) groups excluding carboxylic acids is 1. The molecule has 0 saturated heterocycles. The van der Waals surface area contributed by atoms with Gasteiger partial charge in [-0.05, 0) is 54.4 Å². The van der Waals surface area contributed by atoms with Gasteiger partial charge in [0, 0.05) is 24.0 Å². The molecular formula is C27H28BrF2N3O4S. The van der Waals surface area contributed by atoms with E-state index in [0.29, 0.717) is 21.3 Å². The van der Waals surface area contributed by atoms with Crippen LogP contribution in [0.1, 0.15) is 36.6 Å². The van der Waals surface area contributed by atoms with E-state index < -0.39 is 34.4 Å². The molecular weight excluding hydrogens is 580 g/mol. The zero-order chi connectivity index (χ0) is 27.7. The fourth-order valence-electron chi connectivity index (χ4n) is 4.37. The number of amides is 2. The highest BCUT2D eigenvalue weighted by Crippen LogP contribution is 2.45. The van der Waals surface area contributed by atoms with Crippen LogP contribution in [0.4, 0.5) is 19.3 Å². The SMILES string of the molecule is CCN(CC)S(=O)(=O)c1ccc(Oc2ccc(C)cc2)c(NC(=O)NC2c3cccc(Br)c3CC2(F)F)c1. The number of aryl methyl sites for hydroxylation is 1. The van der Waals surface area contributed by atoms with Crippen molar-refractivity contribution in [2.24, 2.45) is 0 Å². The van der Waals surface area contributed by atoms with E-state index in [2.05, 4.69) is 26.6 Å². The summed E-state index contributed by atoms with van der Waals surface area (Å²) in [5.74, 6) is -2.60. The first-order valence-corrected chi connectivity index (χ1v) is 14.3. The van der Waals surface area contributed by atoms with Crippen LogP contribution in [0.5, 0.6) is 11.5 Å². The van der Waals surface area contributed by atoms with Crippen LogP contribution in [0.15, 0.2) is 70.0 Å². The Balaban J connectivity index is 1.67. The van der Waals surface area contributed by atoms with Crippen molar-refractivity contribution in [1.29, 1.82) is 0 Å². The molecule has 2 N–H and O–H groups in total. The quantitative estimate of drug-likeness (QED) is 0.301. The number of halogens is 3. The molecule has 3 aromatic rings. The van der Waals surface area contributed by atoms with Crippen LogP contribution in [0.25, 0.3) is 0 Å². The van der Waals surface area contributed by atoms with Crippen LogP contribution in [-0.2, 0) is 16.4 Å². The minimum absolute atomic E-state index is 0.0204. The Labute approximate surface area is 229 Å². The van der Waals surface area contributed by atoms with Crippen LogP contribution >= 0.6 is 15.9 Å². The van der Waals surface area contributed by atoms with E-state index in [1.165, 1.54) is 22.5 Å². The second-order valence-electron chi connectivity index (χ2n) is 8.94. The largest absolute Gasteiger partial charge is 0.455 e. The lowest BCUT2D eigenvalue weighted by Crippen LogP contribution is -2.40. The molecule has 1 atom stereocenters. The highest BCUT2D eigenvalue weighted by Gasteiger charge is 2.49. The lowest BCUT2D eigenvalue weighted by atomic mass is 10.1. The molecule has 4 rings (SSSR count). The third-order valence-corrected chi connectivity index (χ3v) is 9.16. The van der Waals surface area contributed by atoms with Gasteiger partial charge in [0.25, 0.3) is 5.92 Å². The minimum Gasteiger partial charge on any atom is -0.455 e. The number of rotatable bonds is 8. The first-order valence-electron chi connectivity index (χ1n) is 12.1. The summed E-state index contributed by atoms with van der Waals surface area (Å²) in [6.45, 7) is 5.88. The summed E-state index contributed by atoms with van der Waals surface area (Å²) in [4.78, 5) is 13.0. The monoisotopic (exact) mass is 607 g/mol. The number of fused-ring (bicyclic) bond motifs is 1. The van der Waals surface area contributed by atoms with Gasteiger partial charge in [-0.15, -0.1) is 0 Å². The summed E-state index contributed by atoms with van der Waals surface area (Å²) in [6.07, 6.45) is -0.520. The number of ether oxygens (including phenoxy) is 1. The van der Waals surface area contributed by atoms with Gasteiger partial charge in [0.1, 0.15) is 11.8 Å². The molecule has 0 bridgehead atoms. The summed E-state index contributed by atoms with van der Waals surface area (Å²) in [5.41, 5.74) is 1.78. The lowest BCUT2D eigenvalue weighted by Gasteiger charge is -2.23. The molecule has 0 saturated carbocycles. The van der Waals surface area contributed by atoms with Gasteiger partial charge in [-0.3, -0.25) is 0 Å². The van der Waals surface area contributed by atoms with Crippen LogP contribution in [0.2, 0.25) is 0 Å². The molecule has 202 valence electrons. The van der Waals surface area contributed by atoms with Gasteiger partial charge in [0.15, 0.2) is 5.75 Å². The molecule has 0 aliphatic heterocycles. The molecule has 2 amide bonds. The molecule has 0 spiro atoms. The third kappa shape index (κ3) is 5.69. The number of urea groups is 1. The van der Waals surface area contributed by atoms with E-state index in [4.69, 9.17) is 4.74 Å². The normalized spacial score (nSPS) is 16.2. The molecule has 1 aliphatic carbocycles. The second-order valence-corrected chi connectivity index (χ2v) is 11.7. The number of carbonyl (C=O) groups is 1. The third-order valence-electron chi connectivity index (χ3n) is 6.37. The molecule has 3 aromatic carbocycles. The summed E-state index contributed by atoms with van der Waals surface area (Å²) in [7, 11) is -3.86. The molecule has 1 aliphatic rings. The number of hydrogen-bond acceptors (Lipinski definition) is 4. The molecule has 0 fully saturated rings. The molecule has 0 aromatic heterocycles. The van der Waals surface area contributed by atoms with Gasteiger partial charge in [-0.2, -0.15) is 4.31 Å². The van der Waals surface area contributed by atoms with Gasteiger partial charge in [0.05, 0.1) is 10.6 Å². The smallest absolute Gasteiger partial charge is 0.320 e. The van der Waals surface area contributed by atoms with E-state index in [-0.39, 0.29) is 29.4 Å². The Morgan fingerprint density at radius 2 is 1.79 bits per heavy atom. The number of hydrogen-bond donors (Lipinski definition) is 2. The van der Waals surface area contributed by atoms with Crippen LogP contribution < -0.4 is 15.4 Å². The molecule has 1 unspecified atom stereocenters. The van der Waals surface area contributed by atoms with Gasteiger partial charge < -0.3 is 15.4 Å². The molecule has 0 heterocycles.